The number of aryl methyl sites for hydroxylation is 2. The number of alkyl halides is 6. The van der Waals surface area contributed by atoms with E-state index >= 15 is 26.3 Å². The number of halogens is 6. The molecule has 0 N–H and O–H groups in total. The summed E-state index contributed by atoms with van der Waals surface area (Å²) in [5.74, 6) is -0.641. The fraction of sp³-hybridized carbons (Fsp3) is 0.269. The van der Waals surface area contributed by atoms with Gasteiger partial charge in [0.05, 0.1) is 0 Å². The second-order valence-electron chi connectivity index (χ2n) is 38.8. The van der Waals surface area contributed by atoms with Crippen LogP contribution in [0.5, 0.6) is 11.5 Å². The Labute approximate surface area is 690 Å². The van der Waals surface area contributed by atoms with Gasteiger partial charge in [0.2, 0.25) is 0 Å². The lowest BCUT2D eigenvalue weighted by atomic mass is 9.33. The van der Waals surface area contributed by atoms with Crippen molar-refractivity contribution in [3.05, 3.63) is 287 Å². The highest BCUT2D eigenvalue weighted by molar-refractivity contribution is 7.01. The second kappa shape index (κ2) is 27.1. The van der Waals surface area contributed by atoms with Gasteiger partial charge in [0, 0.05) is 114 Å². The summed E-state index contributed by atoms with van der Waals surface area (Å²) in [7, 11) is 0. The molecule has 0 atom stereocenters. The molecule has 4 aliphatic rings. The summed E-state index contributed by atoms with van der Waals surface area (Å²) < 4.78 is 102. The summed E-state index contributed by atoms with van der Waals surface area (Å²) in [6, 6.07) is 84.4. The molecule has 4 aliphatic heterocycles. The number of rotatable bonds is 11. The minimum Gasteiger partial charge on any atom is -0.406 e. The van der Waals surface area contributed by atoms with Crippen molar-refractivity contribution in [3.63, 3.8) is 0 Å². The predicted octanol–water partition coefficient (Wildman–Crippen LogP) is 26.1. The first kappa shape index (κ1) is 77.8. The Morgan fingerprint density at radius 2 is 0.551 bits per heavy atom. The third-order valence-electron chi connectivity index (χ3n) is 25.6. The molecule has 0 aromatic heterocycles. The molecule has 0 saturated carbocycles. The molecule has 0 radical (unpaired) electrons. The Morgan fingerprint density at radius 3 is 0.847 bits per heavy atom. The molecule has 14 aromatic carbocycles. The highest BCUT2D eigenvalue weighted by Gasteiger charge is 2.50. The van der Waals surface area contributed by atoms with Crippen LogP contribution in [-0.4, -0.2) is 26.2 Å². The molecule has 0 saturated heterocycles. The Hall–Kier alpha value is -11.4. The van der Waals surface area contributed by atoms with Crippen molar-refractivity contribution in [2.75, 3.05) is 19.6 Å². The van der Waals surface area contributed by atoms with Gasteiger partial charge in [-0.1, -0.05) is 280 Å². The van der Waals surface area contributed by atoms with Crippen LogP contribution in [0.1, 0.15) is 168 Å². The van der Waals surface area contributed by atoms with Gasteiger partial charge < -0.3 is 29.1 Å². The first-order valence-corrected chi connectivity index (χ1v) is 41.3. The minimum atomic E-state index is -5.03. The first-order valence-electron chi connectivity index (χ1n) is 41.3. The largest absolute Gasteiger partial charge is 0.573 e. The molecule has 6 nitrogen and oxygen atoms in total. The molecule has 0 fully saturated rings. The van der Waals surface area contributed by atoms with E-state index in [1.807, 2.05) is 38.1 Å². The lowest BCUT2D eigenvalue weighted by Gasteiger charge is -2.46. The number of hydrogen-bond donors (Lipinski definition) is 0. The summed E-state index contributed by atoms with van der Waals surface area (Å²) in [4.78, 5) is 8.86. The van der Waals surface area contributed by atoms with E-state index in [1.165, 1.54) is 0 Å². The van der Waals surface area contributed by atoms with Crippen LogP contribution in [0.25, 0.3) is 43.1 Å². The molecule has 0 amide bonds. The van der Waals surface area contributed by atoms with Crippen LogP contribution in [0.2, 0.25) is 0 Å². The highest BCUT2D eigenvalue weighted by atomic mass is 19.4. The minimum absolute atomic E-state index is 0.220. The van der Waals surface area contributed by atoms with Gasteiger partial charge in [-0.3, -0.25) is 0 Å². The molecule has 18 rings (SSSR count). The van der Waals surface area contributed by atoms with Crippen molar-refractivity contribution in [2.24, 2.45) is 0 Å². The first-order chi connectivity index (χ1) is 55.6. The number of fused-ring (bicyclic) bond motifs is 16. The van der Waals surface area contributed by atoms with Crippen molar-refractivity contribution < 1.29 is 35.8 Å². The molecule has 594 valence electrons. The van der Waals surface area contributed by atoms with E-state index in [4.69, 9.17) is 9.47 Å². The van der Waals surface area contributed by atoms with Crippen molar-refractivity contribution in [2.45, 2.75) is 183 Å². The number of para-hydroxylation sites is 2. The van der Waals surface area contributed by atoms with Crippen LogP contribution < -0.4 is 61.9 Å². The zero-order chi connectivity index (χ0) is 83.4. The topological polar surface area (TPSA) is 31.4 Å². The maximum absolute atomic E-state index is 15.4. The van der Waals surface area contributed by atoms with Gasteiger partial charge in [-0.05, 0) is 208 Å². The quantitative estimate of drug-likeness (QED) is 0.0948. The molecule has 0 aliphatic carbocycles. The number of benzene rings is 14. The fourth-order valence-corrected chi connectivity index (χ4v) is 19.3. The standard InChI is InChI=1S/C104H98B2F6N4O2/c1-61-27-43-71(44-28-61)113-87-57-73(117-103(107,108)109)58-88-91(87)105(81-47-35-63-31-39-67(97(3,4)5)53-75(63)93(81)113)82-48-36-65-33-41-69(55-77(65)94(82)114(88)72-45-29-62(2)30-46-72)101(15,16)51-52-102(17,18)70-42-34-66-38-50-84-96(78(66)56-70)116(86-26-22-20-24-80(86)100(12,13)14)90-60-74(118-104(110,111)112)59-89-92(90)106(84)83-49-37-64-32-40-68(98(6,7)8)54-76(64)95(83)115(89)85-25-21-19-23-79(85)99(9,10)11/h19-50,53-60H,51-52H2,1-18H3. The lowest BCUT2D eigenvalue weighted by Crippen LogP contribution is -2.61. The molecule has 14 heteroatoms. The number of nitrogens with zero attached hydrogens (tertiary/aromatic N) is 4. The zero-order valence-electron chi connectivity index (χ0n) is 70.5. The van der Waals surface area contributed by atoms with Gasteiger partial charge in [-0.15, -0.1) is 26.3 Å². The Bertz CT molecular complexity index is 6470. The molecule has 4 heterocycles. The molecule has 0 spiro atoms. The van der Waals surface area contributed by atoms with Crippen LogP contribution in [-0.2, 0) is 32.5 Å². The van der Waals surface area contributed by atoms with E-state index in [1.54, 1.807) is 24.3 Å². The smallest absolute Gasteiger partial charge is 0.406 e. The Balaban J connectivity index is 0.805. The summed E-state index contributed by atoms with van der Waals surface area (Å²) in [5, 5.41) is 7.91. The second-order valence-corrected chi connectivity index (χ2v) is 38.8. The summed E-state index contributed by atoms with van der Waals surface area (Å²) in [5.41, 5.74) is 21.6. The van der Waals surface area contributed by atoms with E-state index in [0.717, 1.165) is 179 Å². The van der Waals surface area contributed by atoms with Gasteiger partial charge in [-0.25, -0.2) is 0 Å². The monoisotopic (exact) mass is 1570 g/mol. The number of hydrogen-bond acceptors (Lipinski definition) is 6. The van der Waals surface area contributed by atoms with Crippen LogP contribution in [0, 0.1) is 13.8 Å². The highest BCUT2D eigenvalue weighted by Crippen LogP contribution is 2.56. The van der Waals surface area contributed by atoms with Gasteiger partial charge in [0.1, 0.15) is 11.5 Å². The van der Waals surface area contributed by atoms with Crippen molar-refractivity contribution in [1.82, 2.24) is 0 Å². The summed E-state index contributed by atoms with van der Waals surface area (Å²) in [6.45, 7) is 38.8. The predicted molar refractivity (Wildman–Crippen MR) is 484 cm³/mol. The maximum atomic E-state index is 15.4. The summed E-state index contributed by atoms with van der Waals surface area (Å²) >= 11 is 0. The van der Waals surface area contributed by atoms with Gasteiger partial charge in [0.15, 0.2) is 0 Å². The average Bonchev–Trinajstić information content (AvgIpc) is 0.688. The van der Waals surface area contributed by atoms with Gasteiger partial charge in [0.25, 0.3) is 13.4 Å². The normalized spacial score (nSPS) is 14.2. The molecule has 14 aromatic rings. The van der Waals surface area contributed by atoms with E-state index in [-0.39, 0.29) is 27.7 Å². The van der Waals surface area contributed by atoms with E-state index < -0.39 is 42.4 Å². The molecular formula is C104H98B2F6N4O2. The number of ether oxygens (including phenoxy) is 2. The fourth-order valence-electron chi connectivity index (χ4n) is 19.3. The SMILES string of the molecule is Cc1ccc(N2c3cc(OC(F)(F)F)cc4c3B(c3ccc5ccc(C(C)(C)C)cc5c32)c2ccc3ccc(C(C)(C)CCC(C)(C)c5ccc6ccc7c(c6c5)N(c5ccccc5C(C)(C)C)c5cc(OC(F)(F)F)cc6c5B7c5ccc7ccc(C(C)(C)C)cc7c5N6c5ccccc5C(C)(C)C)cc3c2N4c2ccc(C)cc2)cc1. The average molecular weight is 1570 g/mol. The Kier molecular flexibility index (Phi) is 17.9. The molecular weight excluding hydrogens is 1470 g/mol. The van der Waals surface area contributed by atoms with E-state index in [2.05, 4.69) is 325 Å². The van der Waals surface area contributed by atoms with Crippen LogP contribution in [0.4, 0.5) is 94.6 Å². The third-order valence-corrected chi connectivity index (χ3v) is 25.6. The van der Waals surface area contributed by atoms with E-state index in [9.17, 15) is 0 Å². The van der Waals surface area contributed by atoms with Crippen LogP contribution in [0.3, 0.4) is 0 Å². The lowest BCUT2D eigenvalue weighted by molar-refractivity contribution is -0.275. The maximum Gasteiger partial charge on any atom is 0.573 e. The molecule has 0 bridgehead atoms. The van der Waals surface area contributed by atoms with E-state index in [0.29, 0.717) is 22.7 Å². The van der Waals surface area contributed by atoms with Crippen molar-refractivity contribution in [3.8, 4) is 11.5 Å². The van der Waals surface area contributed by atoms with Gasteiger partial charge >= 0.3 is 12.7 Å². The molecule has 118 heavy (non-hydrogen) atoms. The molecule has 0 unspecified atom stereocenters. The van der Waals surface area contributed by atoms with Crippen LogP contribution in [0.15, 0.2) is 243 Å². The Morgan fingerprint density at radius 1 is 0.280 bits per heavy atom. The number of anilines is 12. The zero-order valence-corrected chi connectivity index (χ0v) is 70.5. The van der Waals surface area contributed by atoms with Crippen molar-refractivity contribution >= 4 is 158 Å². The van der Waals surface area contributed by atoms with Crippen LogP contribution >= 0.6 is 0 Å². The van der Waals surface area contributed by atoms with Gasteiger partial charge in [-0.2, -0.15) is 0 Å². The van der Waals surface area contributed by atoms with Crippen molar-refractivity contribution in [1.29, 1.82) is 0 Å². The summed E-state index contributed by atoms with van der Waals surface area (Å²) in [6.07, 6.45) is -8.54. The third kappa shape index (κ3) is 13.2.